The molecule has 3 fully saturated rings. The van der Waals surface area contributed by atoms with Crippen molar-refractivity contribution < 1.29 is 20.4 Å². The standard InChI is InChI=1S/C29H50O4/c1-7-18(16(2)3)14-24(31)17(4)19-8-9-20-26-21(10-12-28(19,20)5)29(6)13-11-23(30)27(33)22(29)15-25(26)32/h15-21,23-27,30-33H,7-14H2,1-6H3/t17-,18+,19?,20-,21-,23-,24+,25+,26-,27+,28+,29+/m0/s1. The first kappa shape index (κ1) is 25.7. The van der Waals surface area contributed by atoms with Crippen molar-refractivity contribution >= 4 is 0 Å². The number of hydrogen-bond acceptors (Lipinski definition) is 4. The van der Waals surface area contributed by atoms with Gasteiger partial charge in [0.1, 0.15) is 6.10 Å². The molecule has 4 aliphatic carbocycles. The maximum atomic E-state index is 11.4. The van der Waals surface area contributed by atoms with Gasteiger partial charge in [0.05, 0.1) is 18.3 Å². The van der Waals surface area contributed by atoms with Crippen LogP contribution in [0.15, 0.2) is 11.6 Å². The van der Waals surface area contributed by atoms with Crippen LogP contribution < -0.4 is 0 Å². The van der Waals surface area contributed by atoms with Crippen LogP contribution in [0.5, 0.6) is 0 Å². The van der Waals surface area contributed by atoms with Gasteiger partial charge in [0.2, 0.25) is 0 Å². The molecular formula is C29H50O4. The second-order valence-electron chi connectivity index (χ2n) is 13.2. The van der Waals surface area contributed by atoms with Crippen LogP contribution in [0.2, 0.25) is 0 Å². The summed E-state index contributed by atoms with van der Waals surface area (Å²) in [5, 5.41) is 43.6. The predicted octanol–water partition coefficient (Wildman–Crippen LogP) is 4.94. The molecule has 0 spiro atoms. The lowest BCUT2D eigenvalue weighted by Gasteiger charge is -2.60. The predicted molar refractivity (Wildman–Crippen MR) is 132 cm³/mol. The zero-order chi connectivity index (χ0) is 24.3. The SMILES string of the molecule is CC[C@H](C[C@@H](O)[C@@H](C)C1CC[C@H]2[C@@H]3[C@H](O)C=C4[C@@H](O)[C@@H](O)CC[C@]4(C)[C@H]3CC[C@]12C)C(C)C. The van der Waals surface area contributed by atoms with Crippen molar-refractivity contribution in [3.8, 4) is 0 Å². The van der Waals surface area contributed by atoms with Gasteiger partial charge in [-0.15, -0.1) is 0 Å². The summed E-state index contributed by atoms with van der Waals surface area (Å²) in [5.74, 6) is 2.97. The van der Waals surface area contributed by atoms with Crippen LogP contribution in [-0.2, 0) is 0 Å². The number of aliphatic hydroxyl groups is 4. The van der Waals surface area contributed by atoms with E-state index in [9.17, 15) is 20.4 Å². The number of fused-ring (bicyclic) bond motifs is 5. The van der Waals surface area contributed by atoms with Crippen LogP contribution in [0.4, 0.5) is 0 Å². The molecule has 4 heteroatoms. The van der Waals surface area contributed by atoms with Gasteiger partial charge in [0.25, 0.3) is 0 Å². The van der Waals surface area contributed by atoms with Crippen LogP contribution in [0.3, 0.4) is 0 Å². The molecule has 190 valence electrons. The van der Waals surface area contributed by atoms with Crippen molar-refractivity contribution in [1.29, 1.82) is 0 Å². The first-order valence-electron chi connectivity index (χ1n) is 13.9. The average molecular weight is 463 g/mol. The van der Waals surface area contributed by atoms with Gasteiger partial charge in [-0.05, 0) is 103 Å². The molecule has 33 heavy (non-hydrogen) atoms. The first-order valence-corrected chi connectivity index (χ1v) is 13.9. The highest BCUT2D eigenvalue weighted by Crippen LogP contribution is 2.67. The zero-order valence-electron chi connectivity index (χ0n) is 21.9. The van der Waals surface area contributed by atoms with Crippen LogP contribution in [0, 0.1) is 52.3 Å². The molecular weight excluding hydrogens is 412 g/mol. The minimum absolute atomic E-state index is 0.126. The Morgan fingerprint density at radius 2 is 1.67 bits per heavy atom. The molecule has 0 aliphatic heterocycles. The molecule has 4 rings (SSSR count). The molecule has 4 aliphatic rings. The summed E-state index contributed by atoms with van der Waals surface area (Å²) in [5.41, 5.74) is 0.909. The van der Waals surface area contributed by atoms with E-state index in [0.29, 0.717) is 36.0 Å². The van der Waals surface area contributed by atoms with E-state index in [0.717, 1.165) is 50.5 Å². The van der Waals surface area contributed by atoms with Crippen LogP contribution in [0.1, 0.15) is 92.9 Å². The normalized spacial score (nSPS) is 47.8. The van der Waals surface area contributed by atoms with Gasteiger partial charge in [-0.2, -0.15) is 0 Å². The van der Waals surface area contributed by atoms with E-state index in [1.807, 2.05) is 6.08 Å². The van der Waals surface area contributed by atoms with E-state index in [4.69, 9.17) is 0 Å². The highest BCUT2D eigenvalue weighted by Gasteiger charge is 2.62. The average Bonchev–Trinajstić information content (AvgIpc) is 3.12. The largest absolute Gasteiger partial charge is 0.393 e. The Hall–Kier alpha value is -0.420. The number of rotatable bonds is 6. The summed E-state index contributed by atoms with van der Waals surface area (Å²) in [7, 11) is 0. The van der Waals surface area contributed by atoms with Gasteiger partial charge in [-0.3, -0.25) is 0 Å². The van der Waals surface area contributed by atoms with Crippen molar-refractivity contribution in [2.75, 3.05) is 0 Å². The molecule has 12 atom stereocenters. The summed E-state index contributed by atoms with van der Waals surface area (Å²) in [6.45, 7) is 13.8. The third-order valence-corrected chi connectivity index (χ3v) is 11.5. The monoisotopic (exact) mass is 462 g/mol. The summed E-state index contributed by atoms with van der Waals surface area (Å²) in [4.78, 5) is 0. The first-order chi connectivity index (χ1) is 15.5. The lowest BCUT2D eigenvalue weighted by molar-refractivity contribution is -0.116. The van der Waals surface area contributed by atoms with Gasteiger partial charge in [-0.1, -0.05) is 54.0 Å². The van der Waals surface area contributed by atoms with Crippen molar-refractivity contribution in [2.24, 2.45) is 52.3 Å². The third-order valence-electron chi connectivity index (χ3n) is 11.5. The fourth-order valence-corrected chi connectivity index (χ4v) is 9.30. The number of hydrogen-bond donors (Lipinski definition) is 4. The molecule has 4 N–H and O–H groups in total. The highest BCUT2D eigenvalue weighted by atomic mass is 16.3. The molecule has 0 heterocycles. The maximum Gasteiger partial charge on any atom is 0.101 e. The van der Waals surface area contributed by atoms with E-state index in [2.05, 4.69) is 41.5 Å². The third kappa shape index (κ3) is 4.05. The van der Waals surface area contributed by atoms with Crippen molar-refractivity contribution in [3.63, 3.8) is 0 Å². The van der Waals surface area contributed by atoms with Crippen molar-refractivity contribution in [1.82, 2.24) is 0 Å². The van der Waals surface area contributed by atoms with Gasteiger partial charge in [0, 0.05) is 0 Å². The van der Waals surface area contributed by atoms with E-state index in [1.165, 1.54) is 0 Å². The molecule has 0 aromatic rings. The Morgan fingerprint density at radius 1 is 0.970 bits per heavy atom. The second kappa shape index (κ2) is 9.22. The zero-order valence-corrected chi connectivity index (χ0v) is 21.9. The lowest BCUT2D eigenvalue weighted by Crippen LogP contribution is -2.57. The fraction of sp³-hybridized carbons (Fsp3) is 0.931. The molecule has 0 saturated heterocycles. The Labute approximate surface area is 201 Å². The fourth-order valence-electron chi connectivity index (χ4n) is 9.30. The lowest BCUT2D eigenvalue weighted by atomic mass is 9.46. The van der Waals surface area contributed by atoms with Gasteiger partial charge in [-0.25, -0.2) is 0 Å². The van der Waals surface area contributed by atoms with E-state index in [-0.39, 0.29) is 28.8 Å². The van der Waals surface area contributed by atoms with E-state index < -0.39 is 18.3 Å². The van der Waals surface area contributed by atoms with Gasteiger partial charge < -0.3 is 20.4 Å². The van der Waals surface area contributed by atoms with Crippen molar-refractivity contribution in [2.45, 2.75) is 117 Å². The van der Waals surface area contributed by atoms with Crippen molar-refractivity contribution in [3.05, 3.63) is 11.6 Å². The summed E-state index contributed by atoms with van der Waals surface area (Å²) in [6.07, 6.45) is 7.57. The maximum absolute atomic E-state index is 11.4. The van der Waals surface area contributed by atoms with Gasteiger partial charge in [0.15, 0.2) is 0 Å². The van der Waals surface area contributed by atoms with Gasteiger partial charge >= 0.3 is 0 Å². The molecule has 4 nitrogen and oxygen atoms in total. The quantitative estimate of drug-likeness (QED) is 0.422. The van der Waals surface area contributed by atoms with Crippen LogP contribution >= 0.6 is 0 Å². The van der Waals surface area contributed by atoms with E-state index in [1.54, 1.807) is 0 Å². The van der Waals surface area contributed by atoms with E-state index >= 15 is 0 Å². The molecule has 0 amide bonds. The Bertz CT molecular complexity index is 733. The molecule has 1 unspecified atom stereocenters. The minimum Gasteiger partial charge on any atom is -0.393 e. The van der Waals surface area contributed by atoms with Crippen LogP contribution in [0.25, 0.3) is 0 Å². The number of aliphatic hydroxyl groups excluding tert-OH is 4. The Balaban J connectivity index is 1.57. The summed E-state index contributed by atoms with van der Waals surface area (Å²) < 4.78 is 0. The molecule has 3 saturated carbocycles. The molecule has 0 aromatic heterocycles. The minimum atomic E-state index is -0.841. The van der Waals surface area contributed by atoms with Crippen LogP contribution in [-0.4, -0.2) is 44.8 Å². The second-order valence-corrected chi connectivity index (χ2v) is 13.2. The molecule has 0 aromatic carbocycles. The summed E-state index contributed by atoms with van der Waals surface area (Å²) in [6, 6.07) is 0. The highest BCUT2D eigenvalue weighted by molar-refractivity contribution is 5.31. The Kier molecular flexibility index (Phi) is 7.17. The molecule has 0 bridgehead atoms. The molecule has 0 radical (unpaired) electrons. The topological polar surface area (TPSA) is 80.9 Å². The smallest absolute Gasteiger partial charge is 0.101 e. The Morgan fingerprint density at radius 3 is 2.30 bits per heavy atom. The summed E-state index contributed by atoms with van der Waals surface area (Å²) >= 11 is 0.